The number of carbonyl (C=O) groups excluding carboxylic acids is 1. The molecule has 1 fully saturated rings. The molecule has 1 heterocycles. The van der Waals surface area contributed by atoms with Crippen molar-refractivity contribution in [3.63, 3.8) is 0 Å². The first kappa shape index (κ1) is 5.83. The van der Waals surface area contributed by atoms with Crippen molar-refractivity contribution in [3.05, 3.63) is 12.3 Å². The topological polar surface area (TPSA) is 43.9 Å². The van der Waals surface area contributed by atoms with E-state index in [2.05, 4.69) is 6.07 Å². The summed E-state index contributed by atoms with van der Waals surface area (Å²) in [7, 11) is 0. The molecule has 0 aromatic heterocycles. The second-order valence-electron chi connectivity index (χ2n) is 1.82. The smallest absolute Gasteiger partial charge is 0.144 e. The van der Waals surface area contributed by atoms with E-state index >= 15 is 0 Å². The van der Waals surface area contributed by atoms with Crippen molar-refractivity contribution < 1.29 is 4.79 Å². The summed E-state index contributed by atoms with van der Waals surface area (Å²) in [6.07, 6.45) is 3.71. The van der Waals surface area contributed by atoms with Gasteiger partial charge in [0, 0.05) is 6.20 Å². The zero-order valence-corrected chi connectivity index (χ0v) is 4.82. The van der Waals surface area contributed by atoms with Gasteiger partial charge in [-0.25, -0.2) is 0 Å². The standard InChI is InChI=1S/C6H6N2O/c7-4-6-5-8(6)2-1-3-9/h1-3,6H,5H2. The molecule has 46 valence electrons. The van der Waals surface area contributed by atoms with Crippen LogP contribution in [0.3, 0.4) is 0 Å². The average Bonchev–Trinajstić information content (AvgIpc) is 2.62. The van der Waals surface area contributed by atoms with Crippen molar-refractivity contribution in [1.29, 1.82) is 5.26 Å². The highest BCUT2D eigenvalue weighted by Gasteiger charge is 2.29. The number of aldehydes is 1. The maximum atomic E-state index is 9.74. The Morgan fingerprint density at radius 3 is 3.00 bits per heavy atom. The van der Waals surface area contributed by atoms with E-state index in [0.29, 0.717) is 6.29 Å². The van der Waals surface area contributed by atoms with Crippen LogP contribution in [0.1, 0.15) is 0 Å². The quantitative estimate of drug-likeness (QED) is 0.292. The summed E-state index contributed by atoms with van der Waals surface area (Å²) < 4.78 is 0. The average molecular weight is 122 g/mol. The first-order chi connectivity index (χ1) is 4.38. The zero-order chi connectivity index (χ0) is 6.69. The van der Waals surface area contributed by atoms with Crippen LogP contribution in [0.4, 0.5) is 0 Å². The van der Waals surface area contributed by atoms with Crippen LogP contribution in [0.2, 0.25) is 0 Å². The first-order valence-corrected chi connectivity index (χ1v) is 2.66. The Hall–Kier alpha value is -1.30. The molecule has 1 atom stereocenters. The van der Waals surface area contributed by atoms with E-state index in [-0.39, 0.29) is 6.04 Å². The van der Waals surface area contributed by atoms with Gasteiger partial charge in [-0.3, -0.25) is 4.79 Å². The van der Waals surface area contributed by atoms with Crippen molar-refractivity contribution in [3.8, 4) is 6.07 Å². The van der Waals surface area contributed by atoms with E-state index in [1.54, 1.807) is 11.1 Å². The van der Waals surface area contributed by atoms with E-state index in [9.17, 15) is 4.79 Å². The molecule has 0 bridgehead atoms. The Kier molecular flexibility index (Phi) is 1.50. The molecule has 0 amide bonds. The van der Waals surface area contributed by atoms with Crippen LogP contribution in [0.15, 0.2) is 12.3 Å². The minimum absolute atomic E-state index is 0.0150. The number of nitriles is 1. The minimum Gasteiger partial charge on any atom is -0.357 e. The largest absolute Gasteiger partial charge is 0.357 e. The van der Waals surface area contributed by atoms with Crippen molar-refractivity contribution in [1.82, 2.24) is 4.90 Å². The molecule has 0 radical (unpaired) electrons. The predicted octanol–water partition coefficient (Wildman–Crippen LogP) is -0.0932. The lowest BCUT2D eigenvalue weighted by atomic mass is 10.5. The molecular weight excluding hydrogens is 116 g/mol. The third kappa shape index (κ3) is 1.29. The van der Waals surface area contributed by atoms with Gasteiger partial charge in [0.05, 0.1) is 12.6 Å². The number of nitrogens with zero attached hydrogens (tertiary/aromatic N) is 2. The van der Waals surface area contributed by atoms with Gasteiger partial charge >= 0.3 is 0 Å². The van der Waals surface area contributed by atoms with E-state index in [1.807, 2.05) is 0 Å². The van der Waals surface area contributed by atoms with Crippen LogP contribution in [0.25, 0.3) is 0 Å². The molecule has 1 unspecified atom stereocenters. The third-order valence-electron chi connectivity index (χ3n) is 1.16. The van der Waals surface area contributed by atoms with Gasteiger partial charge in [-0.2, -0.15) is 5.26 Å². The Labute approximate surface area is 53.2 Å². The molecule has 9 heavy (non-hydrogen) atoms. The first-order valence-electron chi connectivity index (χ1n) is 2.66. The minimum atomic E-state index is 0.0150. The number of allylic oxidation sites excluding steroid dienone is 1. The van der Waals surface area contributed by atoms with Gasteiger partial charge in [-0.1, -0.05) is 0 Å². The van der Waals surface area contributed by atoms with Crippen LogP contribution in [0, 0.1) is 11.3 Å². The Morgan fingerprint density at radius 1 is 1.78 bits per heavy atom. The highest BCUT2D eigenvalue weighted by Crippen LogP contribution is 2.15. The highest BCUT2D eigenvalue weighted by atomic mass is 16.1. The Morgan fingerprint density at radius 2 is 2.56 bits per heavy atom. The zero-order valence-electron chi connectivity index (χ0n) is 4.82. The summed E-state index contributed by atoms with van der Waals surface area (Å²) in [6, 6.07) is 2.07. The van der Waals surface area contributed by atoms with E-state index in [4.69, 9.17) is 5.26 Å². The van der Waals surface area contributed by atoms with Crippen molar-refractivity contribution in [2.45, 2.75) is 6.04 Å². The van der Waals surface area contributed by atoms with Crippen LogP contribution in [-0.2, 0) is 4.79 Å². The SMILES string of the molecule is N#CC1CN1C=CC=O. The Balaban J connectivity index is 2.28. The molecule has 0 aromatic rings. The summed E-state index contributed by atoms with van der Waals surface area (Å²) in [5, 5.41) is 8.26. The van der Waals surface area contributed by atoms with Crippen molar-refractivity contribution in [2.24, 2.45) is 0 Å². The van der Waals surface area contributed by atoms with Crippen LogP contribution in [-0.4, -0.2) is 23.8 Å². The predicted molar refractivity (Wildman–Crippen MR) is 31.3 cm³/mol. The molecule has 0 spiro atoms. The molecule has 1 saturated heterocycles. The lowest BCUT2D eigenvalue weighted by Gasteiger charge is -1.84. The Bertz CT molecular complexity index is 180. The van der Waals surface area contributed by atoms with Crippen molar-refractivity contribution >= 4 is 6.29 Å². The summed E-state index contributed by atoms with van der Waals surface area (Å²) in [6.45, 7) is 0.765. The summed E-state index contributed by atoms with van der Waals surface area (Å²) in [5.41, 5.74) is 0. The molecule has 1 rings (SSSR count). The third-order valence-corrected chi connectivity index (χ3v) is 1.16. The molecule has 0 saturated carbocycles. The van der Waals surface area contributed by atoms with Gasteiger partial charge in [0.1, 0.15) is 12.3 Å². The molecule has 1 aliphatic rings. The monoisotopic (exact) mass is 122 g/mol. The summed E-state index contributed by atoms with van der Waals surface area (Å²) in [5.74, 6) is 0. The molecule has 0 aliphatic carbocycles. The normalized spacial score (nSPS) is 23.9. The van der Waals surface area contributed by atoms with Gasteiger partial charge in [-0.05, 0) is 6.08 Å². The highest BCUT2D eigenvalue weighted by molar-refractivity contribution is 5.64. The number of carbonyl (C=O) groups is 1. The van der Waals surface area contributed by atoms with Crippen molar-refractivity contribution in [2.75, 3.05) is 6.54 Å². The van der Waals surface area contributed by atoms with E-state index < -0.39 is 0 Å². The fraction of sp³-hybridized carbons (Fsp3) is 0.333. The maximum Gasteiger partial charge on any atom is 0.144 e. The molecule has 0 aromatic carbocycles. The molecular formula is C6H6N2O. The lowest BCUT2D eigenvalue weighted by Crippen LogP contribution is -1.87. The molecule has 1 aliphatic heterocycles. The van der Waals surface area contributed by atoms with Gasteiger partial charge in [0.25, 0.3) is 0 Å². The summed E-state index contributed by atoms with van der Waals surface area (Å²) >= 11 is 0. The molecule has 0 N–H and O–H groups in total. The van der Waals surface area contributed by atoms with Gasteiger partial charge in [0.15, 0.2) is 0 Å². The van der Waals surface area contributed by atoms with E-state index in [0.717, 1.165) is 6.54 Å². The summed E-state index contributed by atoms with van der Waals surface area (Å²) in [4.78, 5) is 11.5. The van der Waals surface area contributed by atoms with Crippen LogP contribution >= 0.6 is 0 Å². The maximum absolute atomic E-state index is 9.74. The lowest BCUT2D eigenvalue weighted by molar-refractivity contribution is -0.104. The van der Waals surface area contributed by atoms with Crippen LogP contribution in [0.5, 0.6) is 0 Å². The number of rotatable bonds is 2. The second kappa shape index (κ2) is 2.31. The molecule has 3 heteroatoms. The number of hydrogen-bond donors (Lipinski definition) is 0. The van der Waals surface area contributed by atoms with Gasteiger partial charge in [0.2, 0.25) is 0 Å². The van der Waals surface area contributed by atoms with Crippen LogP contribution < -0.4 is 0 Å². The van der Waals surface area contributed by atoms with E-state index in [1.165, 1.54) is 6.08 Å². The number of hydrogen-bond acceptors (Lipinski definition) is 3. The fourth-order valence-electron chi connectivity index (χ4n) is 0.578. The molecule has 3 nitrogen and oxygen atoms in total. The van der Waals surface area contributed by atoms with Gasteiger partial charge in [-0.15, -0.1) is 0 Å². The van der Waals surface area contributed by atoms with Gasteiger partial charge < -0.3 is 4.90 Å². The second-order valence-corrected chi connectivity index (χ2v) is 1.82. The fourth-order valence-corrected chi connectivity index (χ4v) is 0.578.